The van der Waals surface area contributed by atoms with Crippen molar-refractivity contribution >= 4 is 19.8 Å². The van der Waals surface area contributed by atoms with E-state index in [1.54, 1.807) is 0 Å². The summed E-state index contributed by atoms with van der Waals surface area (Å²) in [4.78, 5) is 35.2. The van der Waals surface area contributed by atoms with E-state index < -0.39 is 32.5 Å². The van der Waals surface area contributed by atoms with E-state index in [1.165, 1.54) is 77.0 Å². The third-order valence-corrected chi connectivity index (χ3v) is 9.69. The molecule has 0 aliphatic heterocycles. The maximum Gasteiger partial charge on any atom is 0.472 e. The molecule has 0 radical (unpaired) electrons. The van der Waals surface area contributed by atoms with Crippen molar-refractivity contribution in [1.82, 2.24) is 0 Å². The molecular weight excluding hydrogens is 665 g/mol. The van der Waals surface area contributed by atoms with Gasteiger partial charge in [-0.1, -0.05) is 122 Å². The number of likely N-dealkylation sites (N-methyl/N-ethyl adjacent to an activating group) is 1. The highest BCUT2D eigenvalue weighted by Crippen LogP contribution is 2.43. The van der Waals surface area contributed by atoms with Gasteiger partial charge in [-0.25, -0.2) is 4.57 Å². The van der Waals surface area contributed by atoms with Gasteiger partial charge in [0.25, 0.3) is 0 Å². The quantitative estimate of drug-likeness (QED) is 0.0220. The molecular formula is C41H79NO8P+. The lowest BCUT2D eigenvalue weighted by Gasteiger charge is -2.24. The number of phosphoric acid groups is 1. The highest BCUT2D eigenvalue weighted by Gasteiger charge is 2.27. The van der Waals surface area contributed by atoms with E-state index in [4.69, 9.17) is 18.5 Å². The molecule has 0 bridgehead atoms. The Hall–Kier alpha value is -1.51. The zero-order valence-electron chi connectivity index (χ0n) is 33.6. The molecule has 10 heteroatoms. The van der Waals surface area contributed by atoms with Crippen molar-refractivity contribution in [1.29, 1.82) is 0 Å². The molecule has 1 unspecified atom stereocenters. The van der Waals surface area contributed by atoms with Crippen LogP contribution in [-0.4, -0.2) is 74.9 Å². The van der Waals surface area contributed by atoms with Gasteiger partial charge < -0.3 is 18.9 Å². The predicted molar refractivity (Wildman–Crippen MR) is 211 cm³/mol. The van der Waals surface area contributed by atoms with E-state index in [1.807, 2.05) is 21.1 Å². The van der Waals surface area contributed by atoms with Crippen LogP contribution >= 0.6 is 7.82 Å². The van der Waals surface area contributed by atoms with E-state index in [-0.39, 0.29) is 26.1 Å². The topological polar surface area (TPSA) is 108 Å². The fraction of sp³-hybridized carbons (Fsp3) is 0.854. The van der Waals surface area contributed by atoms with Crippen molar-refractivity contribution in [2.24, 2.45) is 0 Å². The molecule has 0 aromatic heterocycles. The zero-order valence-corrected chi connectivity index (χ0v) is 34.5. The first kappa shape index (κ1) is 49.5. The van der Waals surface area contributed by atoms with Gasteiger partial charge >= 0.3 is 19.8 Å². The molecule has 9 nitrogen and oxygen atoms in total. The Morgan fingerprint density at radius 3 is 1.53 bits per heavy atom. The van der Waals surface area contributed by atoms with Gasteiger partial charge in [-0.2, -0.15) is 0 Å². The third-order valence-electron chi connectivity index (χ3n) is 8.70. The number of allylic oxidation sites excluding steroid dienone is 4. The van der Waals surface area contributed by atoms with E-state index in [0.717, 1.165) is 57.8 Å². The maximum absolute atomic E-state index is 12.6. The van der Waals surface area contributed by atoms with Gasteiger partial charge in [0.05, 0.1) is 27.7 Å². The molecule has 2 atom stereocenters. The van der Waals surface area contributed by atoms with Crippen LogP contribution in [0, 0.1) is 0 Å². The van der Waals surface area contributed by atoms with Crippen LogP contribution in [0.2, 0.25) is 0 Å². The van der Waals surface area contributed by atoms with E-state index in [9.17, 15) is 19.0 Å². The van der Waals surface area contributed by atoms with Crippen LogP contribution in [0.5, 0.6) is 0 Å². The van der Waals surface area contributed by atoms with Crippen LogP contribution in [0.15, 0.2) is 24.3 Å². The van der Waals surface area contributed by atoms with Gasteiger partial charge in [0.2, 0.25) is 0 Å². The first-order chi connectivity index (χ1) is 24.5. The molecule has 0 saturated carbocycles. The molecule has 0 saturated heterocycles. The molecule has 300 valence electrons. The van der Waals surface area contributed by atoms with Crippen LogP contribution in [0.1, 0.15) is 174 Å². The van der Waals surface area contributed by atoms with Gasteiger partial charge in [-0.05, 0) is 64.2 Å². The van der Waals surface area contributed by atoms with Crippen molar-refractivity contribution in [3.05, 3.63) is 24.3 Å². The smallest absolute Gasteiger partial charge is 0.462 e. The minimum Gasteiger partial charge on any atom is -0.462 e. The van der Waals surface area contributed by atoms with Crippen LogP contribution in [0.3, 0.4) is 0 Å². The number of carbonyl (C=O) groups excluding carboxylic acids is 2. The Bertz CT molecular complexity index is 933. The van der Waals surface area contributed by atoms with Crippen molar-refractivity contribution in [3.63, 3.8) is 0 Å². The number of carbonyl (C=O) groups is 2. The molecule has 0 aliphatic rings. The monoisotopic (exact) mass is 745 g/mol. The fourth-order valence-electron chi connectivity index (χ4n) is 5.41. The number of rotatable bonds is 37. The maximum atomic E-state index is 12.6. The Kier molecular flexibility index (Phi) is 33.3. The lowest BCUT2D eigenvalue weighted by Crippen LogP contribution is -2.37. The number of hydrogen-bond acceptors (Lipinski definition) is 7. The number of hydrogen-bond donors (Lipinski definition) is 1. The van der Waals surface area contributed by atoms with Gasteiger partial charge in [-0.15, -0.1) is 0 Å². The molecule has 0 aliphatic carbocycles. The first-order valence-electron chi connectivity index (χ1n) is 20.6. The van der Waals surface area contributed by atoms with Crippen LogP contribution in [-0.2, 0) is 32.7 Å². The Morgan fingerprint density at radius 1 is 0.588 bits per heavy atom. The number of nitrogens with zero attached hydrogens (tertiary/aromatic N) is 1. The minimum absolute atomic E-state index is 0.0282. The first-order valence-corrected chi connectivity index (χ1v) is 22.1. The second-order valence-electron chi connectivity index (χ2n) is 15.0. The summed E-state index contributed by atoms with van der Waals surface area (Å²) < 4.78 is 34.2. The molecule has 1 N–H and O–H groups in total. The molecule has 0 rings (SSSR count). The van der Waals surface area contributed by atoms with Gasteiger partial charge in [-0.3, -0.25) is 18.6 Å². The largest absolute Gasteiger partial charge is 0.472 e. The third kappa shape index (κ3) is 38.0. The zero-order chi connectivity index (χ0) is 37.9. The van der Waals surface area contributed by atoms with Crippen molar-refractivity contribution in [3.8, 4) is 0 Å². The minimum atomic E-state index is -4.37. The number of esters is 2. The second-order valence-corrected chi connectivity index (χ2v) is 16.5. The Balaban J connectivity index is 4.43. The van der Waals surface area contributed by atoms with Crippen molar-refractivity contribution in [2.75, 3.05) is 47.5 Å². The van der Waals surface area contributed by atoms with Crippen LogP contribution < -0.4 is 0 Å². The van der Waals surface area contributed by atoms with E-state index in [2.05, 4.69) is 38.2 Å². The highest BCUT2D eigenvalue weighted by molar-refractivity contribution is 7.47. The Morgan fingerprint density at radius 2 is 1.00 bits per heavy atom. The summed E-state index contributed by atoms with van der Waals surface area (Å²) in [7, 11) is 1.46. The lowest BCUT2D eigenvalue weighted by atomic mass is 10.1. The molecule has 0 spiro atoms. The fourth-order valence-corrected chi connectivity index (χ4v) is 6.16. The van der Waals surface area contributed by atoms with Gasteiger partial charge in [0, 0.05) is 12.8 Å². The second kappa shape index (κ2) is 34.3. The molecule has 0 aromatic rings. The summed E-state index contributed by atoms with van der Waals surface area (Å²) in [5.41, 5.74) is 0. The number of quaternary nitrogens is 1. The molecule has 0 fully saturated rings. The summed E-state index contributed by atoms with van der Waals surface area (Å²) in [6, 6.07) is 0. The number of unbranched alkanes of at least 4 members (excludes halogenated alkanes) is 19. The average Bonchev–Trinajstić information content (AvgIpc) is 3.07. The normalized spacial score (nSPS) is 13.9. The molecule has 0 aromatic carbocycles. The molecule has 51 heavy (non-hydrogen) atoms. The Labute approximate surface area is 313 Å². The SMILES string of the molecule is CCCCC/C=C/CCCCCCCC(=O)O[C@H](COC(=O)CCCC/C=C/CCCCCCCCCCC)COP(=O)(O)OCC[N+](C)(C)C. The summed E-state index contributed by atoms with van der Waals surface area (Å²) in [5.74, 6) is -0.834. The summed E-state index contributed by atoms with van der Waals surface area (Å²) in [6.07, 6.45) is 35.1. The standard InChI is InChI=1S/C41H78NO8P/c1-6-8-10-12-14-16-18-20-21-22-24-25-27-29-31-33-40(43)47-37-39(38-49-51(45,46)48-36-35-42(3,4)5)50-41(44)34-32-30-28-26-23-19-17-15-13-11-9-7-2/h15,17,24-25,39H,6-14,16,18-23,26-38H2,1-5H3/p+1/b17-15+,25-24+/t39-/m1/s1. The van der Waals surface area contributed by atoms with Crippen molar-refractivity contribution in [2.45, 2.75) is 180 Å². The van der Waals surface area contributed by atoms with Crippen LogP contribution in [0.4, 0.5) is 0 Å². The summed E-state index contributed by atoms with van der Waals surface area (Å²) >= 11 is 0. The van der Waals surface area contributed by atoms with Crippen molar-refractivity contribution < 1.29 is 42.1 Å². The number of phosphoric ester groups is 1. The van der Waals surface area contributed by atoms with Gasteiger partial charge in [0.1, 0.15) is 19.8 Å². The van der Waals surface area contributed by atoms with Crippen LogP contribution in [0.25, 0.3) is 0 Å². The molecule has 0 heterocycles. The van der Waals surface area contributed by atoms with E-state index >= 15 is 0 Å². The number of ether oxygens (including phenoxy) is 2. The van der Waals surface area contributed by atoms with E-state index in [0.29, 0.717) is 23.9 Å². The summed E-state index contributed by atoms with van der Waals surface area (Å²) in [6.45, 7) is 4.36. The average molecular weight is 745 g/mol. The summed E-state index contributed by atoms with van der Waals surface area (Å²) in [5, 5.41) is 0. The van der Waals surface area contributed by atoms with Gasteiger partial charge in [0.15, 0.2) is 6.10 Å². The molecule has 0 amide bonds. The predicted octanol–water partition coefficient (Wildman–Crippen LogP) is 11.2. The highest BCUT2D eigenvalue weighted by atomic mass is 31.2. The lowest BCUT2D eigenvalue weighted by molar-refractivity contribution is -0.870.